The standard InChI is InChI=1S/C11H13NO/c1-9-2-3-10-4-5-12(8-13)7-11(10)6-9/h2-3,6,8H,4-5,7H2,1H3. The van der Waals surface area contributed by atoms with Crippen LogP contribution in [0.25, 0.3) is 0 Å². The van der Waals surface area contributed by atoms with Crippen molar-refractivity contribution in [3.05, 3.63) is 34.9 Å². The molecule has 2 rings (SSSR count). The first-order valence-electron chi connectivity index (χ1n) is 4.57. The van der Waals surface area contributed by atoms with Crippen molar-refractivity contribution in [1.82, 2.24) is 4.90 Å². The summed E-state index contributed by atoms with van der Waals surface area (Å²) in [5.74, 6) is 0. The Kier molecular flexibility index (Phi) is 2.05. The van der Waals surface area contributed by atoms with Gasteiger partial charge in [0.2, 0.25) is 6.41 Å². The Bertz CT molecular complexity index is 333. The average molecular weight is 175 g/mol. The summed E-state index contributed by atoms with van der Waals surface area (Å²) in [4.78, 5) is 12.4. The Balaban J connectivity index is 2.32. The maximum Gasteiger partial charge on any atom is 0.210 e. The molecule has 0 aromatic heterocycles. The van der Waals surface area contributed by atoms with E-state index < -0.39 is 0 Å². The van der Waals surface area contributed by atoms with Crippen LogP contribution in [0, 0.1) is 6.92 Å². The largest absolute Gasteiger partial charge is 0.341 e. The van der Waals surface area contributed by atoms with Crippen LogP contribution in [-0.4, -0.2) is 17.9 Å². The molecule has 0 radical (unpaired) electrons. The van der Waals surface area contributed by atoms with E-state index in [4.69, 9.17) is 0 Å². The van der Waals surface area contributed by atoms with Gasteiger partial charge in [-0.15, -0.1) is 0 Å². The minimum absolute atomic E-state index is 0.778. The van der Waals surface area contributed by atoms with Crippen molar-refractivity contribution in [2.45, 2.75) is 19.9 Å². The number of rotatable bonds is 1. The molecule has 13 heavy (non-hydrogen) atoms. The summed E-state index contributed by atoms with van der Waals surface area (Å²) in [6, 6.07) is 6.48. The fraction of sp³-hybridized carbons (Fsp3) is 0.364. The molecule has 0 unspecified atom stereocenters. The number of carbonyl (C=O) groups is 1. The minimum Gasteiger partial charge on any atom is -0.341 e. The third-order valence-corrected chi connectivity index (χ3v) is 2.55. The molecule has 0 atom stereocenters. The van der Waals surface area contributed by atoms with Crippen LogP contribution >= 0.6 is 0 Å². The summed E-state index contributed by atoms with van der Waals surface area (Å²) in [5, 5.41) is 0. The SMILES string of the molecule is Cc1ccc2c(c1)CN(C=O)CC2. The molecule has 2 nitrogen and oxygen atoms in total. The number of benzene rings is 1. The van der Waals surface area contributed by atoms with Gasteiger partial charge in [-0.3, -0.25) is 4.79 Å². The maximum absolute atomic E-state index is 10.6. The lowest BCUT2D eigenvalue weighted by Gasteiger charge is -2.25. The number of aryl methyl sites for hydroxylation is 1. The molecule has 1 aliphatic heterocycles. The van der Waals surface area contributed by atoms with Gasteiger partial charge in [0.15, 0.2) is 0 Å². The van der Waals surface area contributed by atoms with E-state index >= 15 is 0 Å². The van der Waals surface area contributed by atoms with Crippen molar-refractivity contribution < 1.29 is 4.79 Å². The molecule has 0 saturated heterocycles. The average Bonchev–Trinajstić information content (AvgIpc) is 2.16. The van der Waals surface area contributed by atoms with E-state index in [0.717, 1.165) is 25.9 Å². The van der Waals surface area contributed by atoms with Crippen molar-refractivity contribution in [3.8, 4) is 0 Å². The second-order valence-electron chi connectivity index (χ2n) is 3.60. The smallest absolute Gasteiger partial charge is 0.210 e. The predicted molar refractivity (Wildman–Crippen MR) is 51.4 cm³/mol. The van der Waals surface area contributed by atoms with Gasteiger partial charge in [-0.05, 0) is 24.5 Å². The quantitative estimate of drug-likeness (QED) is 0.592. The number of hydrogen-bond donors (Lipinski definition) is 0. The zero-order valence-electron chi connectivity index (χ0n) is 7.79. The minimum atomic E-state index is 0.778. The van der Waals surface area contributed by atoms with Gasteiger partial charge in [0.05, 0.1) is 0 Å². The second kappa shape index (κ2) is 3.21. The van der Waals surface area contributed by atoms with Gasteiger partial charge in [0.1, 0.15) is 0 Å². The third kappa shape index (κ3) is 1.57. The van der Waals surface area contributed by atoms with Crippen molar-refractivity contribution in [3.63, 3.8) is 0 Å². The van der Waals surface area contributed by atoms with Crippen LogP contribution in [0.4, 0.5) is 0 Å². The normalized spacial score (nSPS) is 15.3. The summed E-state index contributed by atoms with van der Waals surface area (Å²) in [6.45, 7) is 3.72. The van der Waals surface area contributed by atoms with Crippen LogP contribution in [0.1, 0.15) is 16.7 Å². The van der Waals surface area contributed by atoms with Crippen molar-refractivity contribution in [1.29, 1.82) is 0 Å². The molecule has 2 heteroatoms. The Morgan fingerprint density at radius 1 is 1.38 bits per heavy atom. The predicted octanol–water partition coefficient (Wildman–Crippen LogP) is 1.51. The first-order chi connectivity index (χ1) is 6.29. The lowest BCUT2D eigenvalue weighted by atomic mass is 9.98. The first kappa shape index (κ1) is 8.30. The topological polar surface area (TPSA) is 20.3 Å². The summed E-state index contributed by atoms with van der Waals surface area (Å²) in [7, 11) is 0. The van der Waals surface area contributed by atoms with E-state index in [1.54, 1.807) is 0 Å². The number of amides is 1. The van der Waals surface area contributed by atoms with E-state index in [1.165, 1.54) is 16.7 Å². The highest BCUT2D eigenvalue weighted by Crippen LogP contribution is 2.18. The van der Waals surface area contributed by atoms with Crippen LogP contribution in [0.15, 0.2) is 18.2 Å². The van der Waals surface area contributed by atoms with Gasteiger partial charge in [-0.25, -0.2) is 0 Å². The molecule has 0 spiro atoms. The molecule has 1 heterocycles. The summed E-state index contributed by atoms with van der Waals surface area (Å²) >= 11 is 0. The monoisotopic (exact) mass is 175 g/mol. The molecule has 0 fully saturated rings. The number of nitrogens with zero attached hydrogens (tertiary/aromatic N) is 1. The zero-order valence-corrected chi connectivity index (χ0v) is 7.79. The molecule has 1 aliphatic rings. The highest BCUT2D eigenvalue weighted by atomic mass is 16.1. The van der Waals surface area contributed by atoms with Crippen LogP contribution in [0.5, 0.6) is 0 Å². The molecular formula is C11H13NO. The number of carbonyl (C=O) groups excluding carboxylic acids is 1. The third-order valence-electron chi connectivity index (χ3n) is 2.55. The molecular weight excluding hydrogens is 162 g/mol. The lowest BCUT2D eigenvalue weighted by Crippen LogP contribution is -2.29. The van der Waals surface area contributed by atoms with E-state index in [1.807, 2.05) is 4.90 Å². The Morgan fingerprint density at radius 3 is 3.00 bits per heavy atom. The van der Waals surface area contributed by atoms with Crippen molar-refractivity contribution in [2.75, 3.05) is 6.54 Å². The van der Waals surface area contributed by atoms with Crippen molar-refractivity contribution in [2.24, 2.45) is 0 Å². The molecule has 1 amide bonds. The highest BCUT2D eigenvalue weighted by Gasteiger charge is 2.13. The number of hydrogen-bond acceptors (Lipinski definition) is 1. The molecule has 68 valence electrons. The van der Waals surface area contributed by atoms with Gasteiger partial charge < -0.3 is 4.90 Å². The second-order valence-corrected chi connectivity index (χ2v) is 3.60. The fourth-order valence-electron chi connectivity index (χ4n) is 1.80. The van der Waals surface area contributed by atoms with Gasteiger partial charge in [-0.2, -0.15) is 0 Å². The summed E-state index contributed by atoms with van der Waals surface area (Å²) in [6.07, 6.45) is 1.93. The summed E-state index contributed by atoms with van der Waals surface area (Å²) < 4.78 is 0. The van der Waals surface area contributed by atoms with Crippen LogP contribution < -0.4 is 0 Å². The molecule has 1 aromatic carbocycles. The van der Waals surface area contributed by atoms with Gasteiger partial charge in [0, 0.05) is 13.1 Å². The molecule has 0 aliphatic carbocycles. The molecule has 0 bridgehead atoms. The van der Waals surface area contributed by atoms with Gasteiger partial charge >= 0.3 is 0 Å². The van der Waals surface area contributed by atoms with Crippen molar-refractivity contribution >= 4 is 6.41 Å². The van der Waals surface area contributed by atoms with E-state index in [-0.39, 0.29) is 0 Å². The van der Waals surface area contributed by atoms with Crippen LogP contribution in [0.2, 0.25) is 0 Å². The lowest BCUT2D eigenvalue weighted by molar-refractivity contribution is -0.118. The van der Waals surface area contributed by atoms with E-state index in [9.17, 15) is 4.79 Å². The highest BCUT2D eigenvalue weighted by molar-refractivity contribution is 5.49. The Hall–Kier alpha value is -1.31. The van der Waals surface area contributed by atoms with Crippen LogP contribution in [0.3, 0.4) is 0 Å². The summed E-state index contributed by atoms with van der Waals surface area (Å²) in [5.41, 5.74) is 3.97. The van der Waals surface area contributed by atoms with E-state index in [2.05, 4.69) is 25.1 Å². The fourth-order valence-corrected chi connectivity index (χ4v) is 1.80. The maximum atomic E-state index is 10.6. The Morgan fingerprint density at radius 2 is 2.23 bits per heavy atom. The first-order valence-corrected chi connectivity index (χ1v) is 4.57. The van der Waals surface area contributed by atoms with E-state index in [0.29, 0.717) is 0 Å². The van der Waals surface area contributed by atoms with Gasteiger partial charge in [0.25, 0.3) is 0 Å². The Labute approximate surface area is 78.2 Å². The van der Waals surface area contributed by atoms with Crippen LogP contribution in [-0.2, 0) is 17.8 Å². The zero-order chi connectivity index (χ0) is 9.26. The molecule has 1 aromatic rings. The number of fused-ring (bicyclic) bond motifs is 1. The van der Waals surface area contributed by atoms with Gasteiger partial charge in [-0.1, -0.05) is 23.8 Å². The molecule has 0 saturated carbocycles. The molecule has 0 N–H and O–H groups in total.